The van der Waals surface area contributed by atoms with Gasteiger partial charge >= 0.3 is 6.61 Å². The minimum atomic E-state index is -2.97. The molecule has 0 aliphatic heterocycles. The summed E-state index contributed by atoms with van der Waals surface area (Å²) in [6.07, 6.45) is 1.39. The van der Waals surface area contributed by atoms with Crippen LogP contribution in [0.2, 0.25) is 0 Å². The molecular weight excluding hydrogens is 292 g/mol. The van der Waals surface area contributed by atoms with Gasteiger partial charge in [0, 0.05) is 5.41 Å². The van der Waals surface area contributed by atoms with Gasteiger partial charge in [0.25, 0.3) is 0 Å². The number of ether oxygens (including phenoxy) is 2. The summed E-state index contributed by atoms with van der Waals surface area (Å²) in [5.74, 6) is -0.327. The molecule has 1 aromatic rings. The third-order valence-corrected chi connectivity index (χ3v) is 2.76. The number of hydrogen-bond donors (Lipinski definition) is 0. The third-order valence-electron chi connectivity index (χ3n) is 2.76. The first kappa shape index (κ1) is 17.6. The number of carbonyl (C=O) groups is 1. The number of halogens is 2. The molecule has 22 heavy (non-hydrogen) atoms. The van der Waals surface area contributed by atoms with E-state index in [1.54, 1.807) is 20.8 Å². The van der Waals surface area contributed by atoms with Crippen molar-refractivity contribution in [3.63, 3.8) is 0 Å². The van der Waals surface area contributed by atoms with Crippen LogP contribution >= 0.6 is 0 Å². The van der Waals surface area contributed by atoms with Gasteiger partial charge in [-0.3, -0.25) is 4.79 Å². The number of Topliss-reactive ketones (excluding diaryl/α,β-unsaturated/α-hetero) is 1. The van der Waals surface area contributed by atoms with Crippen molar-refractivity contribution in [2.24, 2.45) is 5.41 Å². The van der Waals surface area contributed by atoms with Gasteiger partial charge in [0.1, 0.15) is 6.07 Å². The Labute approximate surface area is 128 Å². The lowest BCUT2D eigenvalue weighted by Gasteiger charge is -2.15. The van der Waals surface area contributed by atoms with Crippen LogP contribution in [0.25, 0.3) is 6.08 Å². The summed E-state index contributed by atoms with van der Waals surface area (Å²) in [6, 6.07) is 6.05. The molecule has 0 saturated heterocycles. The van der Waals surface area contributed by atoms with Crippen molar-refractivity contribution in [2.75, 3.05) is 7.11 Å². The summed E-state index contributed by atoms with van der Waals surface area (Å²) in [5, 5.41) is 9.13. The Morgan fingerprint density at radius 1 is 1.32 bits per heavy atom. The molecule has 0 fully saturated rings. The molecule has 0 bridgehead atoms. The van der Waals surface area contributed by atoms with Crippen molar-refractivity contribution < 1.29 is 23.0 Å². The standard InChI is InChI=1S/C16H17F2NO3/c1-16(2,3)14(20)11(9-19)7-10-5-6-12(22-15(17)18)13(8-10)21-4/h5-8,15H,1-4H3. The minimum absolute atomic E-state index is 0.0166. The van der Waals surface area contributed by atoms with Crippen LogP contribution < -0.4 is 9.47 Å². The van der Waals surface area contributed by atoms with E-state index in [0.717, 1.165) is 0 Å². The number of hydrogen-bond acceptors (Lipinski definition) is 4. The molecule has 0 aromatic heterocycles. The number of rotatable bonds is 5. The van der Waals surface area contributed by atoms with Crippen LogP contribution in [-0.4, -0.2) is 19.5 Å². The van der Waals surface area contributed by atoms with Crippen molar-refractivity contribution in [1.29, 1.82) is 5.26 Å². The first-order valence-electron chi connectivity index (χ1n) is 6.48. The van der Waals surface area contributed by atoms with Gasteiger partial charge in [0.2, 0.25) is 0 Å². The second-order valence-electron chi connectivity index (χ2n) is 5.54. The van der Waals surface area contributed by atoms with Gasteiger partial charge < -0.3 is 9.47 Å². The lowest BCUT2D eigenvalue weighted by atomic mass is 9.86. The number of allylic oxidation sites excluding steroid dienone is 1. The molecule has 0 saturated carbocycles. The molecule has 0 atom stereocenters. The number of nitriles is 1. The summed E-state index contributed by atoms with van der Waals surface area (Å²) < 4.78 is 33.8. The van der Waals surface area contributed by atoms with Gasteiger partial charge in [0.05, 0.1) is 12.7 Å². The summed E-state index contributed by atoms with van der Waals surface area (Å²) in [5.41, 5.74) is -0.227. The van der Waals surface area contributed by atoms with Crippen molar-refractivity contribution in [2.45, 2.75) is 27.4 Å². The zero-order chi connectivity index (χ0) is 16.9. The van der Waals surface area contributed by atoms with Crippen LogP contribution in [-0.2, 0) is 4.79 Å². The Bertz CT molecular complexity index is 625. The number of nitrogens with zero attached hydrogens (tertiary/aromatic N) is 1. The van der Waals surface area contributed by atoms with Crippen LogP contribution in [0.5, 0.6) is 11.5 Å². The molecule has 1 rings (SSSR count). The monoisotopic (exact) mass is 309 g/mol. The fourth-order valence-electron chi connectivity index (χ4n) is 1.69. The molecule has 0 aliphatic carbocycles. The first-order valence-corrected chi connectivity index (χ1v) is 6.48. The van der Waals surface area contributed by atoms with E-state index in [9.17, 15) is 13.6 Å². The number of methoxy groups -OCH3 is 1. The summed E-state index contributed by atoms with van der Waals surface area (Å²) >= 11 is 0. The summed E-state index contributed by atoms with van der Waals surface area (Å²) in [7, 11) is 1.31. The molecule has 1 aromatic carbocycles. The molecule has 0 spiro atoms. The van der Waals surface area contributed by atoms with E-state index in [2.05, 4.69) is 4.74 Å². The van der Waals surface area contributed by atoms with Gasteiger partial charge in [0.15, 0.2) is 17.3 Å². The number of carbonyl (C=O) groups excluding carboxylic acids is 1. The van der Waals surface area contributed by atoms with Crippen LogP contribution in [0, 0.1) is 16.7 Å². The highest BCUT2D eigenvalue weighted by molar-refractivity contribution is 6.06. The van der Waals surface area contributed by atoms with E-state index < -0.39 is 12.0 Å². The summed E-state index contributed by atoms with van der Waals surface area (Å²) in [4.78, 5) is 12.1. The lowest BCUT2D eigenvalue weighted by molar-refractivity contribution is -0.121. The van der Waals surface area contributed by atoms with Crippen LogP contribution in [0.3, 0.4) is 0 Å². The Morgan fingerprint density at radius 2 is 1.95 bits per heavy atom. The molecule has 4 nitrogen and oxygen atoms in total. The Morgan fingerprint density at radius 3 is 2.41 bits per heavy atom. The lowest BCUT2D eigenvalue weighted by Crippen LogP contribution is -2.21. The van der Waals surface area contributed by atoms with Crippen molar-refractivity contribution in [1.82, 2.24) is 0 Å². The highest BCUT2D eigenvalue weighted by Crippen LogP contribution is 2.30. The fraction of sp³-hybridized carbons (Fsp3) is 0.375. The zero-order valence-corrected chi connectivity index (χ0v) is 12.8. The average Bonchev–Trinajstić information content (AvgIpc) is 2.43. The SMILES string of the molecule is COc1cc(C=C(C#N)C(=O)C(C)(C)C)ccc1OC(F)F. The van der Waals surface area contributed by atoms with E-state index in [-0.39, 0.29) is 22.9 Å². The minimum Gasteiger partial charge on any atom is -0.493 e. The average molecular weight is 309 g/mol. The van der Waals surface area contributed by atoms with E-state index >= 15 is 0 Å². The topological polar surface area (TPSA) is 59.3 Å². The molecule has 0 N–H and O–H groups in total. The molecule has 118 valence electrons. The van der Waals surface area contributed by atoms with Crippen molar-refractivity contribution in [3.8, 4) is 17.6 Å². The molecular formula is C16H17F2NO3. The maximum atomic E-state index is 12.3. The molecule has 0 radical (unpaired) electrons. The maximum absolute atomic E-state index is 12.3. The predicted octanol–water partition coefficient (Wildman–Crippen LogP) is 3.82. The van der Waals surface area contributed by atoms with Gasteiger partial charge in [-0.05, 0) is 23.8 Å². The van der Waals surface area contributed by atoms with Gasteiger partial charge in [-0.25, -0.2) is 0 Å². The quantitative estimate of drug-likeness (QED) is 0.613. The van der Waals surface area contributed by atoms with Crippen molar-refractivity contribution in [3.05, 3.63) is 29.3 Å². The molecule has 0 heterocycles. The van der Waals surface area contributed by atoms with E-state index in [1.165, 1.54) is 31.4 Å². The van der Waals surface area contributed by atoms with Crippen LogP contribution in [0.1, 0.15) is 26.3 Å². The molecule has 0 unspecified atom stereocenters. The number of alkyl halides is 2. The second kappa shape index (κ2) is 7.03. The fourth-order valence-corrected chi connectivity index (χ4v) is 1.69. The molecule has 0 aliphatic rings. The smallest absolute Gasteiger partial charge is 0.387 e. The Kier molecular flexibility index (Phi) is 5.63. The van der Waals surface area contributed by atoms with Gasteiger partial charge in [-0.2, -0.15) is 14.0 Å². The Hall–Kier alpha value is -2.42. The van der Waals surface area contributed by atoms with E-state index in [0.29, 0.717) is 5.56 Å². The molecule has 6 heteroatoms. The molecule has 0 amide bonds. The largest absolute Gasteiger partial charge is 0.493 e. The van der Waals surface area contributed by atoms with Gasteiger partial charge in [-0.1, -0.05) is 26.8 Å². The zero-order valence-electron chi connectivity index (χ0n) is 12.8. The van der Waals surface area contributed by atoms with E-state index in [4.69, 9.17) is 10.00 Å². The normalized spacial score (nSPS) is 12.0. The number of ketones is 1. The Balaban J connectivity index is 3.19. The van der Waals surface area contributed by atoms with Crippen LogP contribution in [0.4, 0.5) is 8.78 Å². The summed E-state index contributed by atoms with van der Waals surface area (Å²) in [6.45, 7) is 2.16. The highest BCUT2D eigenvalue weighted by atomic mass is 19.3. The van der Waals surface area contributed by atoms with Crippen molar-refractivity contribution >= 4 is 11.9 Å². The third kappa shape index (κ3) is 4.55. The first-order chi connectivity index (χ1) is 10.2. The highest BCUT2D eigenvalue weighted by Gasteiger charge is 2.25. The van der Waals surface area contributed by atoms with Gasteiger partial charge in [-0.15, -0.1) is 0 Å². The predicted molar refractivity (Wildman–Crippen MR) is 77.7 cm³/mol. The van der Waals surface area contributed by atoms with E-state index in [1.807, 2.05) is 6.07 Å². The maximum Gasteiger partial charge on any atom is 0.387 e. The van der Waals surface area contributed by atoms with Crippen LogP contribution in [0.15, 0.2) is 23.8 Å². The second-order valence-corrected chi connectivity index (χ2v) is 5.54. The number of benzene rings is 1.